The van der Waals surface area contributed by atoms with Crippen LogP contribution in [0, 0.1) is 13.8 Å². The fourth-order valence-electron chi connectivity index (χ4n) is 2.05. The Bertz CT molecular complexity index is 593. The van der Waals surface area contributed by atoms with E-state index in [2.05, 4.69) is 16.5 Å². The van der Waals surface area contributed by atoms with Crippen LogP contribution in [-0.4, -0.2) is 16.9 Å². The first-order valence-electron chi connectivity index (χ1n) is 6.09. The Labute approximate surface area is 118 Å². The van der Waals surface area contributed by atoms with Gasteiger partial charge in [-0.3, -0.25) is 4.68 Å². The molecule has 0 bridgehead atoms. The van der Waals surface area contributed by atoms with E-state index in [-0.39, 0.29) is 0 Å². The summed E-state index contributed by atoms with van der Waals surface area (Å²) in [4.78, 5) is 0. The Balaban J connectivity index is 2.12. The van der Waals surface area contributed by atoms with Gasteiger partial charge in [0.15, 0.2) is 0 Å². The second-order valence-corrected chi connectivity index (χ2v) is 4.87. The van der Waals surface area contributed by atoms with Crippen LogP contribution in [0.4, 0.5) is 5.69 Å². The van der Waals surface area contributed by atoms with E-state index in [1.807, 2.05) is 33.0 Å². The zero-order valence-electron chi connectivity index (χ0n) is 11.6. The lowest BCUT2D eigenvalue weighted by Crippen LogP contribution is -2.01. The summed E-state index contributed by atoms with van der Waals surface area (Å²) in [5, 5.41) is 8.32. The third-order valence-corrected chi connectivity index (χ3v) is 3.61. The SMILES string of the molecule is COc1ccc(NCc2c(C)nn(C)c2Cl)cc1C. The third-order valence-electron chi connectivity index (χ3n) is 3.13. The molecule has 1 N–H and O–H groups in total. The lowest BCUT2D eigenvalue weighted by atomic mass is 10.2. The molecule has 0 fully saturated rings. The quantitative estimate of drug-likeness (QED) is 0.933. The fraction of sp³-hybridized carbons (Fsp3) is 0.357. The number of methoxy groups -OCH3 is 1. The van der Waals surface area contributed by atoms with Gasteiger partial charge < -0.3 is 10.1 Å². The molecule has 0 aliphatic heterocycles. The predicted octanol–water partition coefficient (Wildman–Crippen LogP) is 3.31. The molecule has 0 radical (unpaired) electrons. The average molecular weight is 280 g/mol. The van der Waals surface area contributed by atoms with Gasteiger partial charge in [-0.2, -0.15) is 5.10 Å². The van der Waals surface area contributed by atoms with Crippen LogP contribution in [0.1, 0.15) is 16.8 Å². The fourth-order valence-corrected chi connectivity index (χ4v) is 2.29. The van der Waals surface area contributed by atoms with Crippen molar-refractivity contribution in [3.8, 4) is 5.75 Å². The van der Waals surface area contributed by atoms with Gasteiger partial charge in [-0.25, -0.2) is 0 Å². The summed E-state index contributed by atoms with van der Waals surface area (Å²) >= 11 is 6.20. The summed E-state index contributed by atoms with van der Waals surface area (Å²) < 4.78 is 6.93. The maximum absolute atomic E-state index is 6.20. The van der Waals surface area contributed by atoms with Gasteiger partial charge in [0.05, 0.1) is 12.8 Å². The van der Waals surface area contributed by atoms with Gasteiger partial charge in [0.2, 0.25) is 0 Å². The summed E-state index contributed by atoms with van der Waals surface area (Å²) in [5.74, 6) is 0.890. The molecule has 0 atom stereocenters. The number of anilines is 1. The molecule has 0 aliphatic carbocycles. The molecule has 0 unspecified atom stereocenters. The molecule has 19 heavy (non-hydrogen) atoms. The molecule has 102 valence electrons. The monoisotopic (exact) mass is 279 g/mol. The van der Waals surface area contributed by atoms with Crippen LogP contribution in [0.2, 0.25) is 5.15 Å². The van der Waals surface area contributed by atoms with Gasteiger partial charge in [0, 0.05) is 24.8 Å². The molecule has 5 heteroatoms. The lowest BCUT2D eigenvalue weighted by Gasteiger charge is -2.10. The van der Waals surface area contributed by atoms with Crippen LogP contribution in [0.5, 0.6) is 5.75 Å². The highest BCUT2D eigenvalue weighted by molar-refractivity contribution is 6.30. The van der Waals surface area contributed by atoms with Crippen molar-refractivity contribution in [3.63, 3.8) is 0 Å². The van der Waals surface area contributed by atoms with E-state index in [0.29, 0.717) is 11.7 Å². The second kappa shape index (κ2) is 5.53. The molecule has 0 spiro atoms. The van der Waals surface area contributed by atoms with Crippen molar-refractivity contribution in [2.24, 2.45) is 7.05 Å². The standard InChI is InChI=1S/C14H18ClN3O/c1-9-7-11(5-6-13(9)19-4)16-8-12-10(2)17-18(3)14(12)15/h5-7,16H,8H2,1-4H3. The Morgan fingerprint density at radius 2 is 2.11 bits per heavy atom. The largest absolute Gasteiger partial charge is 0.496 e. The predicted molar refractivity (Wildman–Crippen MR) is 78.0 cm³/mol. The smallest absolute Gasteiger partial charge is 0.131 e. The zero-order valence-corrected chi connectivity index (χ0v) is 12.4. The maximum Gasteiger partial charge on any atom is 0.131 e. The minimum atomic E-state index is 0.657. The number of nitrogens with zero attached hydrogens (tertiary/aromatic N) is 2. The first-order valence-corrected chi connectivity index (χ1v) is 6.47. The molecule has 1 aromatic heterocycles. The summed E-state index contributed by atoms with van der Waals surface area (Å²) in [5.41, 5.74) is 4.11. The Morgan fingerprint density at radius 1 is 1.37 bits per heavy atom. The number of benzene rings is 1. The van der Waals surface area contributed by atoms with Crippen LogP contribution >= 0.6 is 11.6 Å². The van der Waals surface area contributed by atoms with Crippen molar-refractivity contribution in [1.29, 1.82) is 0 Å². The summed E-state index contributed by atoms with van der Waals surface area (Å²) in [7, 11) is 3.52. The van der Waals surface area contributed by atoms with E-state index in [1.165, 1.54) is 0 Å². The number of aromatic nitrogens is 2. The van der Waals surface area contributed by atoms with E-state index < -0.39 is 0 Å². The highest BCUT2D eigenvalue weighted by Crippen LogP contribution is 2.23. The second-order valence-electron chi connectivity index (χ2n) is 4.52. The number of aryl methyl sites for hydroxylation is 3. The molecule has 0 amide bonds. The highest BCUT2D eigenvalue weighted by Gasteiger charge is 2.10. The molecule has 0 aliphatic rings. The minimum absolute atomic E-state index is 0.657. The van der Waals surface area contributed by atoms with Crippen molar-refractivity contribution in [2.45, 2.75) is 20.4 Å². The molecule has 4 nitrogen and oxygen atoms in total. The molecule has 0 saturated carbocycles. The molecular weight excluding hydrogens is 262 g/mol. The van der Waals surface area contributed by atoms with Gasteiger partial charge in [0.25, 0.3) is 0 Å². The number of hydrogen-bond donors (Lipinski definition) is 1. The molecule has 0 saturated heterocycles. The third kappa shape index (κ3) is 2.84. The molecule has 2 rings (SSSR count). The first-order chi connectivity index (χ1) is 9.02. The van der Waals surface area contributed by atoms with Crippen molar-refractivity contribution in [1.82, 2.24) is 9.78 Å². The van der Waals surface area contributed by atoms with Gasteiger partial charge in [-0.1, -0.05) is 11.6 Å². The van der Waals surface area contributed by atoms with E-state index in [9.17, 15) is 0 Å². The van der Waals surface area contributed by atoms with Crippen LogP contribution < -0.4 is 10.1 Å². The topological polar surface area (TPSA) is 39.1 Å². The Hall–Kier alpha value is -1.68. The summed E-state index contributed by atoms with van der Waals surface area (Å²) in [6.45, 7) is 4.64. The van der Waals surface area contributed by atoms with Crippen molar-refractivity contribution >= 4 is 17.3 Å². The Morgan fingerprint density at radius 3 is 2.63 bits per heavy atom. The van der Waals surface area contributed by atoms with Gasteiger partial charge in [-0.15, -0.1) is 0 Å². The normalized spacial score (nSPS) is 10.6. The minimum Gasteiger partial charge on any atom is -0.496 e. The van der Waals surface area contributed by atoms with Crippen LogP contribution in [0.15, 0.2) is 18.2 Å². The number of nitrogens with one attached hydrogen (secondary N) is 1. The van der Waals surface area contributed by atoms with Gasteiger partial charge >= 0.3 is 0 Å². The van der Waals surface area contributed by atoms with E-state index in [4.69, 9.17) is 16.3 Å². The summed E-state index contributed by atoms with van der Waals surface area (Å²) in [6.07, 6.45) is 0. The number of rotatable bonds is 4. The van der Waals surface area contributed by atoms with Crippen LogP contribution in [-0.2, 0) is 13.6 Å². The lowest BCUT2D eigenvalue weighted by molar-refractivity contribution is 0.412. The van der Waals surface area contributed by atoms with E-state index >= 15 is 0 Å². The number of hydrogen-bond acceptors (Lipinski definition) is 3. The van der Waals surface area contributed by atoms with E-state index in [1.54, 1.807) is 11.8 Å². The first kappa shape index (κ1) is 13.7. The number of ether oxygens (including phenoxy) is 1. The van der Waals surface area contributed by atoms with Gasteiger partial charge in [0.1, 0.15) is 10.9 Å². The maximum atomic E-state index is 6.20. The molecule has 1 heterocycles. The number of halogens is 1. The van der Waals surface area contributed by atoms with Crippen molar-refractivity contribution in [2.75, 3.05) is 12.4 Å². The van der Waals surface area contributed by atoms with Crippen molar-refractivity contribution in [3.05, 3.63) is 40.2 Å². The molecule has 1 aromatic carbocycles. The average Bonchev–Trinajstić information content (AvgIpc) is 2.61. The Kier molecular flexibility index (Phi) is 4.00. The molecule has 2 aromatic rings. The highest BCUT2D eigenvalue weighted by atomic mass is 35.5. The van der Waals surface area contributed by atoms with E-state index in [0.717, 1.165) is 28.3 Å². The van der Waals surface area contributed by atoms with Gasteiger partial charge in [-0.05, 0) is 37.6 Å². The van der Waals surface area contributed by atoms with Crippen molar-refractivity contribution < 1.29 is 4.74 Å². The van der Waals surface area contributed by atoms with Crippen LogP contribution in [0.3, 0.4) is 0 Å². The molecular formula is C14H18ClN3O. The summed E-state index contributed by atoms with van der Waals surface area (Å²) in [6, 6.07) is 6.00. The van der Waals surface area contributed by atoms with Crippen LogP contribution in [0.25, 0.3) is 0 Å². The zero-order chi connectivity index (χ0) is 14.0.